The largest absolute Gasteiger partial charge is 0.394 e. The lowest BCUT2D eigenvalue weighted by atomic mass is 10.0. The van der Waals surface area contributed by atoms with Crippen molar-refractivity contribution in [1.82, 2.24) is 0 Å². The maximum atomic E-state index is 11.5. The van der Waals surface area contributed by atoms with Gasteiger partial charge in [0.25, 0.3) is 0 Å². The lowest BCUT2D eigenvalue weighted by Gasteiger charge is -2.42. The first kappa shape index (κ1) is 55.1. The topological polar surface area (TPSA) is 506 Å². The standard InChI is InChI=1S/C36H62O31/c37-1-13-19(44)25(50)31(56,62-13)8-57-33(27(52)21(46)15(3-39)64-33)10-59-35(29(54)23(48)17(5-41)66-35)12-61-36(30(55)24(49)18(6-42)67-36)11-60-34(28(53)22(47)16(4-40)65-34)9-58-32(7-43)26(51)20(45)14(2-38)63-32/h13-30,37-56H,1-12H2/t13-,14-,15-,16-,17-,18-,19-,20-,21-,22-,23-,24-,25+,26+,27+,28+,29+,30+,31-,32-,33-,34-,35-,36-/m1/s1. The maximum absolute atomic E-state index is 11.5. The molecule has 67 heavy (non-hydrogen) atoms. The van der Waals surface area contributed by atoms with Gasteiger partial charge in [0.15, 0.2) is 0 Å². The Morgan fingerprint density at radius 2 is 0.493 bits per heavy atom. The molecule has 0 saturated carbocycles. The number of ether oxygens (including phenoxy) is 11. The zero-order valence-electron chi connectivity index (χ0n) is 35.3. The first-order valence-corrected chi connectivity index (χ1v) is 20.9. The summed E-state index contributed by atoms with van der Waals surface area (Å²) in [4.78, 5) is 0. The van der Waals surface area contributed by atoms with Crippen molar-refractivity contribution >= 4 is 0 Å². The second-order valence-corrected chi connectivity index (χ2v) is 17.2. The number of hydrogen-bond donors (Lipinski definition) is 20. The average Bonchev–Trinajstić information content (AvgIpc) is 4.05. The van der Waals surface area contributed by atoms with Gasteiger partial charge in [0.1, 0.15) is 150 Å². The summed E-state index contributed by atoms with van der Waals surface area (Å²) in [5.41, 5.74) is 0. The van der Waals surface area contributed by atoms with Gasteiger partial charge in [0, 0.05) is 0 Å². The van der Waals surface area contributed by atoms with Crippen LogP contribution in [-0.2, 0) is 52.1 Å². The second-order valence-electron chi connectivity index (χ2n) is 17.2. The van der Waals surface area contributed by atoms with Gasteiger partial charge in [-0.15, -0.1) is 0 Å². The second kappa shape index (κ2) is 21.1. The van der Waals surface area contributed by atoms with Gasteiger partial charge in [0.05, 0.1) is 39.6 Å². The van der Waals surface area contributed by atoms with Gasteiger partial charge in [-0.25, -0.2) is 0 Å². The molecule has 20 N–H and O–H groups in total. The lowest BCUT2D eigenvalue weighted by molar-refractivity contribution is -0.387. The minimum atomic E-state index is -2.89. The minimum absolute atomic E-state index is 0.884. The van der Waals surface area contributed by atoms with Crippen molar-refractivity contribution in [3.05, 3.63) is 0 Å². The van der Waals surface area contributed by atoms with E-state index < -0.39 is 224 Å². The summed E-state index contributed by atoms with van der Waals surface area (Å²) in [7, 11) is 0. The fourth-order valence-corrected chi connectivity index (χ4v) is 8.69. The van der Waals surface area contributed by atoms with E-state index in [1.165, 1.54) is 0 Å². The van der Waals surface area contributed by atoms with Crippen molar-refractivity contribution in [2.45, 2.75) is 145 Å². The van der Waals surface area contributed by atoms with Gasteiger partial charge in [-0.2, -0.15) is 0 Å². The van der Waals surface area contributed by atoms with Crippen molar-refractivity contribution < 1.29 is 154 Å². The molecule has 6 rings (SSSR count). The number of rotatable bonds is 22. The molecule has 0 amide bonds. The van der Waals surface area contributed by atoms with Gasteiger partial charge in [-0.3, -0.25) is 0 Å². The fraction of sp³-hybridized carbons (Fsp3) is 1.00. The van der Waals surface area contributed by atoms with Gasteiger partial charge < -0.3 is 154 Å². The Hall–Kier alpha value is -1.24. The quantitative estimate of drug-likeness (QED) is 0.0479. The van der Waals surface area contributed by atoms with Crippen LogP contribution < -0.4 is 0 Å². The third-order valence-corrected chi connectivity index (χ3v) is 12.9. The summed E-state index contributed by atoms with van der Waals surface area (Å²) in [6, 6.07) is 0. The first-order chi connectivity index (χ1) is 31.5. The summed E-state index contributed by atoms with van der Waals surface area (Å²) in [5, 5.41) is 211. The lowest BCUT2D eigenvalue weighted by Crippen LogP contribution is -2.61. The summed E-state index contributed by atoms with van der Waals surface area (Å²) >= 11 is 0. The van der Waals surface area contributed by atoms with E-state index in [9.17, 15) is 102 Å². The van der Waals surface area contributed by atoms with Crippen molar-refractivity contribution in [2.24, 2.45) is 0 Å². The molecule has 31 nitrogen and oxygen atoms in total. The SMILES string of the molecule is OC[C@H]1O[C@@](CO)(OC[C@@]2(OC[C@@]3(OC[C@@]4(OC[C@@]5(OC[C@@]6(O)O[C@H](CO)[C@@H](O)[C@@H]6O)O[C@H](CO)[C@@H](O)[C@@H]5O)O[C@H](CO)[C@@H](O)[C@@H]4O)O[C@H](CO)[C@@H](O)[C@@H]3O)O[C@H](CO)[C@@H](O)[C@@H]2O)[C@@H](O)[C@@H]1O. The van der Waals surface area contributed by atoms with Crippen LogP contribution >= 0.6 is 0 Å². The predicted molar refractivity (Wildman–Crippen MR) is 199 cm³/mol. The van der Waals surface area contributed by atoms with E-state index in [1.54, 1.807) is 0 Å². The van der Waals surface area contributed by atoms with Gasteiger partial charge in [-0.05, 0) is 0 Å². The molecular formula is C36H62O31. The Balaban J connectivity index is 1.31. The molecule has 0 spiro atoms. The molecule has 24 atom stereocenters. The van der Waals surface area contributed by atoms with Crippen LogP contribution in [0.5, 0.6) is 0 Å². The number of aliphatic hydroxyl groups is 20. The third-order valence-electron chi connectivity index (χ3n) is 12.9. The Labute approximate surface area is 378 Å². The molecule has 0 radical (unpaired) electrons. The van der Waals surface area contributed by atoms with Crippen LogP contribution in [0.4, 0.5) is 0 Å². The predicted octanol–water partition coefficient (Wildman–Crippen LogP) is -14.1. The smallest absolute Gasteiger partial charge is 0.222 e. The molecule has 0 bridgehead atoms. The zero-order chi connectivity index (χ0) is 49.7. The van der Waals surface area contributed by atoms with E-state index in [0.29, 0.717) is 0 Å². The molecule has 6 aliphatic rings. The van der Waals surface area contributed by atoms with E-state index in [2.05, 4.69) is 0 Å². The molecule has 6 heterocycles. The molecule has 392 valence electrons. The van der Waals surface area contributed by atoms with Crippen LogP contribution in [-0.4, -0.2) is 326 Å². The Morgan fingerprint density at radius 3 is 0.731 bits per heavy atom. The highest BCUT2D eigenvalue weighted by Gasteiger charge is 2.66. The molecule has 6 fully saturated rings. The van der Waals surface area contributed by atoms with Gasteiger partial charge in [0.2, 0.25) is 34.7 Å². The van der Waals surface area contributed by atoms with Crippen molar-refractivity contribution in [2.75, 3.05) is 79.3 Å². The molecular weight excluding hydrogens is 928 g/mol. The van der Waals surface area contributed by atoms with Crippen LogP contribution in [0.15, 0.2) is 0 Å². The minimum Gasteiger partial charge on any atom is -0.394 e. The van der Waals surface area contributed by atoms with E-state index in [1.807, 2.05) is 0 Å². The van der Waals surface area contributed by atoms with Crippen molar-refractivity contribution in [3.8, 4) is 0 Å². The number of hydrogen-bond acceptors (Lipinski definition) is 31. The van der Waals surface area contributed by atoms with Crippen molar-refractivity contribution in [3.63, 3.8) is 0 Å². The first-order valence-electron chi connectivity index (χ1n) is 20.9. The fourth-order valence-electron chi connectivity index (χ4n) is 8.69. The van der Waals surface area contributed by atoms with Crippen molar-refractivity contribution in [1.29, 1.82) is 0 Å². The summed E-state index contributed by atoms with van der Waals surface area (Å²) in [5.74, 6) is -16.8. The van der Waals surface area contributed by atoms with Crippen LogP contribution in [0.1, 0.15) is 0 Å². The Bertz CT molecular complexity index is 1610. The highest BCUT2D eigenvalue weighted by molar-refractivity contribution is 5.05. The van der Waals surface area contributed by atoms with Crippen LogP contribution in [0.3, 0.4) is 0 Å². The molecule has 6 saturated heterocycles. The van der Waals surface area contributed by atoms with Crippen LogP contribution in [0.2, 0.25) is 0 Å². The van der Waals surface area contributed by atoms with Gasteiger partial charge >= 0.3 is 0 Å². The number of aliphatic hydroxyl groups excluding tert-OH is 19. The van der Waals surface area contributed by atoms with E-state index in [0.717, 1.165) is 0 Å². The summed E-state index contributed by atoms with van der Waals surface area (Å²) in [6.07, 6.45) is -35.2. The molecule has 0 aromatic carbocycles. The molecule has 0 aromatic heterocycles. The highest BCUT2D eigenvalue weighted by Crippen LogP contribution is 2.44. The van der Waals surface area contributed by atoms with Crippen LogP contribution in [0, 0.1) is 0 Å². The molecule has 31 heteroatoms. The van der Waals surface area contributed by atoms with E-state index >= 15 is 0 Å². The highest BCUT2D eigenvalue weighted by atomic mass is 16.8. The average molecular weight is 991 g/mol. The Morgan fingerprint density at radius 1 is 0.284 bits per heavy atom. The zero-order valence-corrected chi connectivity index (χ0v) is 35.3. The van der Waals surface area contributed by atoms with Crippen LogP contribution in [0.25, 0.3) is 0 Å². The summed E-state index contributed by atoms with van der Waals surface area (Å²) < 4.78 is 62.2. The molecule has 0 aliphatic carbocycles. The molecule has 0 aromatic rings. The summed E-state index contributed by atoms with van der Waals surface area (Å²) in [6.45, 7) is -13.5. The maximum Gasteiger partial charge on any atom is 0.222 e. The Kier molecular flexibility index (Phi) is 17.3. The van der Waals surface area contributed by atoms with E-state index in [-0.39, 0.29) is 0 Å². The molecule has 0 unspecified atom stereocenters. The molecule has 6 aliphatic heterocycles. The third kappa shape index (κ3) is 9.63. The van der Waals surface area contributed by atoms with E-state index in [4.69, 9.17) is 52.1 Å². The monoisotopic (exact) mass is 990 g/mol. The normalized spacial score (nSPS) is 52.3. The van der Waals surface area contributed by atoms with Gasteiger partial charge in [-0.1, -0.05) is 0 Å².